The Kier molecular flexibility index (Phi) is 5.41. The van der Waals surface area contributed by atoms with E-state index in [1.807, 2.05) is 0 Å². The molecular formula is C21H18F3N3O5. The summed E-state index contributed by atoms with van der Waals surface area (Å²) in [6.07, 6.45) is -4.70. The van der Waals surface area contributed by atoms with Crippen molar-refractivity contribution in [2.75, 3.05) is 30.5 Å². The van der Waals surface area contributed by atoms with Crippen molar-refractivity contribution in [1.29, 1.82) is 0 Å². The Morgan fingerprint density at radius 1 is 1.16 bits per heavy atom. The summed E-state index contributed by atoms with van der Waals surface area (Å²) in [6, 6.07) is 6.49. The van der Waals surface area contributed by atoms with Crippen LogP contribution in [0.1, 0.15) is 22.3 Å². The van der Waals surface area contributed by atoms with Crippen LogP contribution in [0.4, 0.5) is 24.5 Å². The number of carbonyl (C=O) groups excluding carboxylic acids is 3. The number of rotatable bonds is 3. The van der Waals surface area contributed by atoms with Crippen molar-refractivity contribution in [1.82, 2.24) is 5.32 Å². The second-order valence-electron chi connectivity index (χ2n) is 7.25. The predicted octanol–water partition coefficient (Wildman–Crippen LogP) is 2.58. The Hall–Kier alpha value is -3.76. The van der Waals surface area contributed by atoms with E-state index >= 15 is 0 Å². The third-order valence-corrected chi connectivity index (χ3v) is 5.12. The second-order valence-corrected chi connectivity index (χ2v) is 7.25. The first kappa shape index (κ1) is 21.5. The summed E-state index contributed by atoms with van der Waals surface area (Å²) in [5.41, 5.74) is -0.344. The Morgan fingerprint density at radius 3 is 2.66 bits per heavy atom. The summed E-state index contributed by atoms with van der Waals surface area (Å²) in [5.74, 6) is -1.03. The van der Waals surface area contributed by atoms with Gasteiger partial charge < -0.3 is 20.1 Å². The van der Waals surface area contributed by atoms with E-state index in [4.69, 9.17) is 9.47 Å². The van der Waals surface area contributed by atoms with E-state index in [1.54, 1.807) is 0 Å². The second kappa shape index (κ2) is 8.06. The highest BCUT2D eigenvalue weighted by Gasteiger charge is 2.37. The molecule has 2 N–H and O–H groups in total. The number of benzene rings is 2. The lowest BCUT2D eigenvalue weighted by Gasteiger charge is -2.37. The van der Waals surface area contributed by atoms with Gasteiger partial charge in [-0.05, 0) is 36.4 Å². The van der Waals surface area contributed by atoms with E-state index in [0.717, 1.165) is 18.2 Å². The zero-order valence-corrected chi connectivity index (χ0v) is 16.8. The van der Waals surface area contributed by atoms with Gasteiger partial charge in [-0.2, -0.15) is 13.2 Å². The largest absolute Gasteiger partial charge is 0.489 e. The van der Waals surface area contributed by atoms with Gasteiger partial charge in [-0.15, -0.1) is 0 Å². The lowest BCUT2D eigenvalue weighted by atomic mass is 10.0. The van der Waals surface area contributed by atoms with Crippen LogP contribution in [-0.4, -0.2) is 44.0 Å². The van der Waals surface area contributed by atoms with Crippen molar-refractivity contribution in [3.63, 3.8) is 0 Å². The first-order chi connectivity index (χ1) is 15.2. The maximum Gasteiger partial charge on any atom is 0.416 e. The molecule has 32 heavy (non-hydrogen) atoms. The van der Waals surface area contributed by atoms with Crippen molar-refractivity contribution in [3.8, 4) is 11.5 Å². The van der Waals surface area contributed by atoms with E-state index < -0.39 is 23.7 Å². The molecule has 0 aliphatic carbocycles. The van der Waals surface area contributed by atoms with E-state index in [2.05, 4.69) is 10.6 Å². The van der Waals surface area contributed by atoms with E-state index in [-0.39, 0.29) is 48.4 Å². The Bertz CT molecular complexity index is 1100. The van der Waals surface area contributed by atoms with Gasteiger partial charge in [0.2, 0.25) is 5.91 Å². The third-order valence-electron chi connectivity index (χ3n) is 5.12. The van der Waals surface area contributed by atoms with Gasteiger partial charge in [0.25, 0.3) is 11.8 Å². The lowest BCUT2D eigenvalue weighted by Crippen LogP contribution is -2.49. The van der Waals surface area contributed by atoms with Crippen LogP contribution in [0, 0.1) is 0 Å². The fraction of sp³-hybridized carbons (Fsp3) is 0.286. The first-order valence-electron chi connectivity index (χ1n) is 9.62. The molecule has 0 unspecified atom stereocenters. The number of ether oxygens (including phenoxy) is 2. The van der Waals surface area contributed by atoms with Gasteiger partial charge in [0.1, 0.15) is 18.1 Å². The average molecular weight is 449 g/mol. The van der Waals surface area contributed by atoms with E-state index in [1.165, 1.54) is 30.1 Å². The Balaban J connectivity index is 1.74. The predicted molar refractivity (Wildman–Crippen MR) is 107 cm³/mol. The minimum atomic E-state index is -4.58. The van der Waals surface area contributed by atoms with Crippen LogP contribution in [0.15, 0.2) is 36.4 Å². The minimum Gasteiger partial charge on any atom is -0.489 e. The molecule has 0 bridgehead atoms. The van der Waals surface area contributed by atoms with Crippen molar-refractivity contribution >= 4 is 29.1 Å². The molecule has 3 amide bonds. The molecule has 2 aliphatic heterocycles. The smallest absolute Gasteiger partial charge is 0.416 e. The van der Waals surface area contributed by atoms with Crippen LogP contribution in [0.2, 0.25) is 0 Å². The Morgan fingerprint density at radius 2 is 1.94 bits per heavy atom. The third kappa shape index (κ3) is 4.05. The zero-order valence-electron chi connectivity index (χ0n) is 16.8. The number of anilines is 2. The van der Waals surface area contributed by atoms with E-state index in [9.17, 15) is 27.6 Å². The number of amides is 3. The highest BCUT2D eigenvalue weighted by molar-refractivity contribution is 6.09. The summed E-state index contributed by atoms with van der Waals surface area (Å²) < 4.78 is 50.2. The molecular weight excluding hydrogens is 431 g/mol. The van der Waals surface area contributed by atoms with Crippen LogP contribution in [0.3, 0.4) is 0 Å². The number of nitrogens with one attached hydrogen (secondary N) is 2. The average Bonchev–Trinajstić information content (AvgIpc) is 2.76. The van der Waals surface area contributed by atoms with Gasteiger partial charge >= 0.3 is 6.18 Å². The van der Waals surface area contributed by atoms with Gasteiger partial charge in [-0.3, -0.25) is 19.3 Å². The summed E-state index contributed by atoms with van der Waals surface area (Å²) in [7, 11) is 1.44. The molecule has 2 aromatic rings. The van der Waals surface area contributed by atoms with Gasteiger partial charge in [0.05, 0.1) is 29.4 Å². The molecule has 0 spiro atoms. The van der Waals surface area contributed by atoms with Crippen LogP contribution in [0.5, 0.6) is 11.5 Å². The summed E-state index contributed by atoms with van der Waals surface area (Å²) in [5, 5.41) is 5.07. The van der Waals surface area contributed by atoms with Crippen molar-refractivity contribution in [2.45, 2.75) is 18.6 Å². The molecule has 2 aromatic carbocycles. The molecule has 0 fully saturated rings. The Labute approximate surface area is 180 Å². The number of nitrogens with zero attached hydrogens (tertiary/aromatic N) is 1. The zero-order chi connectivity index (χ0) is 23.0. The van der Waals surface area contributed by atoms with Crippen molar-refractivity contribution in [2.24, 2.45) is 0 Å². The van der Waals surface area contributed by atoms with Crippen LogP contribution in [0.25, 0.3) is 0 Å². The molecule has 2 heterocycles. The maximum absolute atomic E-state index is 13.5. The summed E-state index contributed by atoms with van der Waals surface area (Å²) >= 11 is 0. The fourth-order valence-electron chi connectivity index (χ4n) is 3.56. The molecule has 0 radical (unpaired) electrons. The number of hydrogen-bond donors (Lipinski definition) is 2. The summed E-state index contributed by atoms with van der Waals surface area (Å²) in [6.45, 7) is -0.314. The molecule has 2 aliphatic rings. The SMILES string of the molecule is CNC(=O)C[C@H]1COc2cc(C(F)(F)F)ccc2N1C(=O)c1ccc2c(c1)NC(=O)CO2. The van der Waals surface area contributed by atoms with Crippen LogP contribution < -0.4 is 25.0 Å². The first-order valence-corrected chi connectivity index (χ1v) is 9.62. The number of halogens is 3. The van der Waals surface area contributed by atoms with Gasteiger partial charge in [-0.1, -0.05) is 0 Å². The molecule has 4 rings (SSSR count). The molecule has 11 heteroatoms. The number of hydrogen-bond acceptors (Lipinski definition) is 5. The van der Waals surface area contributed by atoms with Gasteiger partial charge in [-0.25, -0.2) is 0 Å². The molecule has 0 saturated carbocycles. The lowest BCUT2D eigenvalue weighted by molar-refractivity contribution is -0.137. The fourth-order valence-corrected chi connectivity index (χ4v) is 3.56. The monoisotopic (exact) mass is 449 g/mol. The molecule has 1 atom stereocenters. The molecule has 8 nitrogen and oxygen atoms in total. The number of carbonyl (C=O) groups is 3. The molecule has 0 aromatic heterocycles. The van der Waals surface area contributed by atoms with Crippen LogP contribution in [-0.2, 0) is 15.8 Å². The quantitative estimate of drug-likeness (QED) is 0.751. The standard InChI is InChI=1S/C21H18F3N3O5/c1-25-18(28)8-13-9-31-17-7-12(21(22,23)24)3-4-15(17)27(13)20(30)11-2-5-16-14(6-11)26-19(29)10-32-16/h2-7,13H,8-10H2,1H3,(H,25,28)(H,26,29)/t13-/m0/s1. The normalized spacial score (nSPS) is 17.3. The van der Waals surface area contributed by atoms with Crippen molar-refractivity contribution < 1.29 is 37.0 Å². The topological polar surface area (TPSA) is 97.0 Å². The van der Waals surface area contributed by atoms with Gasteiger partial charge in [0.15, 0.2) is 6.61 Å². The molecule has 168 valence electrons. The van der Waals surface area contributed by atoms with E-state index in [0.29, 0.717) is 11.4 Å². The highest BCUT2D eigenvalue weighted by Crippen LogP contribution is 2.41. The number of alkyl halides is 3. The van der Waals surface area contributed by atoms with Crippen LogP contribution >= 0.6 is 0 Å². The molecule has 0 saturated heterocycles. The highest BCUT2D eigenvalue weighted by atomic mass is 19.4. The maximum atomic E-state index is 13.5. The summed E-state index contributed by atoms with van der Waals surface area (Å²) in [4.78, 5) is 38.3. The van der Waals surface area contributed by atoms with Crippen molar-refractivity contribution in [3.05, 3.63) is 47.5 Å². The minimum absolute atomic E-state index is 0.112. The van der Waals surface area contributed by atoms with Gasteiger partial charge in [0, 0.05) is 12.6 Å². The number of fused-ring (bicyclic) bond motifs is 2.